The van der Waals surface area contributed by atoms with Gasteiger partial charge in [-0.1, -0.05) is 30.3 Å². The SMILES string of the molecule is CCc1ccc(N2C(=O)[C@H]3N=NN(CC(=O)Nc4cccc(F)c4)[C@@H]3C2=O)cc1. The van der Waals surface area contributed by atoms with Gasteiger partial charge in [0, 0.05) is 5.69 Å². The fourth-order valence-corrected chi connectivity index (χ4v) is 3.40. The van der Waals surface area contributed by atoms with Gasteiger partial charge in [0.1, 0.15) is 12.4 Å². The van der Waals surface area contributed by atoms with Crippen molar-refractivity contribution >= 4 is 29.1 Å². The maximum absolute atomic E-state index is 13.3. The van der Waals surface area contributed by atoms with Crippen LogP contribution in [0.5, 0.6) is 0 Å². The van der Waals surface area contributed by atoms with E-state index in [1.165, 1.54) is 23.2 Å². The Balaban J connectivity index is 1.48. The van der Waals surface area contributed by atoms with Crippen molar-refractivity contribution in [3.63, 3.8) is 0 Å². The minimum atomic E-state index is -0.977. The second kappa shape index (κ2) is 7.42. The van der Waals surface area contributed by atoms with E-state index in [2.05, 4.69) is 15.7 Å². The molecule has 2 atom stereocenters. The zero-order valence-corrected chi connectivity index (χ0v) is 15.6. The van der Waals surface area contributed by atoms with Crippen molar-refractivity contribution in [2.75, 3.05) is 16.8 Å². The molecule has 1 fully saturated rings. The highest BCUT2D eigenvalue weighted by atomic mass is 19.1. The molecule has 0 spiro atoms. The fraction of sp³-hybridized carbons (Fsp3) is 0.250. The van der Waals surface area contributed by atoms with Gasteiger partial charge in [-0.2, -0.15) is 5.11 Å². The van der Waals surface area contributed by atoms with E-state index in [0.29, 0.717) is 5.69 Å². The van der Waals surface area contributed by atoms with Crippen molar-refractivity contribution in [3.8, 4) is 0 Å². The molecule has 2 aliphatic rings. The van der Waals surface area contributed by atoms with E-state index in [0.717, 1.165) is 16.9 Å². The van der Waals surface area contributed by atoms with Crippen molar-refractivity contribution in [2.24, 2.45) is 10.3 Å². The summed E-state index contributed by atoms with van der Waals surface area (Å²) in [6, 6.07) is 10.7. The molecule has 148 valence electrons. The summed E-state index contributed by atoms with van der Waals surface area (Å²) in [5.74, 6) is -1.93. The third-order valence-electron chi connectivity index (χ3n) is 4.87. The van der Waals surface area contributed by atoms with Crippen LogP contribution in [0.3, 0.4) is 0 Å². The zero-order valence-electron chi connectivity index (χ0n) is 15.6. The van der Waals surface area contributed by atoms with Crippen LogP contribution in [0, 0.1) is 5.82 Å². The van der Waals surface area contributed by atoms with Crippen LogP contribution < -0.4 is 10.2 Å². The summed E-state index contributed by atoms with van der Waals surface area (Å²) in [5, 5.41) is 11.5. The summed E-state index contributed by atoms with van der Waals surface area (Å²) in [6.45, 7) is 1.72. The van der Waals surface area contributed by atoms with E-state index >= 15 is 0 Å². The molecule has 3 amide bonds. The van der Waals surface area contributed by atoms with Gasteiger partial charge in [-0.15, -0.1) is 0 Å². The molecule has 2 aromatic rings. The molecule has 2 aliphatic heterocycles. The second-order valence-electron chi connectivity index (χ2n) is 6.78. The van der Waals surface area contributed by atoms with E-state index in [1.54, 1.807) is 18.2 Å². The third kappa shape index (κ3) is 3.46. The Bertz CT molecular complexity index is 1010. The first-order chi connectivity index (χ1) is 14.0. The van der Waals surface area contributed by atoms with Crippen LogP contribution in [-0.4, -0.2) is 41.4 Å². The zero-order chi connectivity index (χ0) is 20.5. The molecule has 0 unspecified atom stereocenters. The molecule has 8 nitrogen and oxygen atoms in total. The van der Waals surface area contributed by atoms with Crippen molar-refractivity contribution < 1.29 is 18.8 Å². The van der Waals surface area contributed by atoms with E-state index in [1.807, 2.05) is 19.1 Å². The Hall–Kier alpha value is -3.62. The average molecular weight is 395 g/mol. The highest BCUT2D eigenvalue weighted by Gasteiger charge is 2.55. The number of carbonyl (C=O) groups excluding carboxylic acids is 3. The lowest BCUT2D eigenvalue weighted by molar-refractivity contribution is -0.123. The number of hydrogen-bond acceptors (Lipinski definition) is 6. The molecular formula is C20H18FN5O3. The number of nitrogens with one attached hydrogen (secondary N) is 1. The van der Waals surface area contributed by atoms with Crippen LogP contribution >= 0.6 is 0 Å². The quantitative estimate of drug-likeness (QED) is 0.786. The largest absolute Gasteiger partial charge is 0.324 e. The second-order valence-corrected chi connectivity index (χ2v) is 6.78. The minimum Gasteiger partial charge on any atom is -0.324 e. The number of carbonyl (C=O) groups is 3. The van der Waals surface area contributed by atoms with Gasteiger partial charge in [0.2, 0.25) is 5.91 Å². The van der Waals surface area contributed by atoms with Gasteiger partial charge in [0.25, 0.3) is 11.8 Å². The first kappa shape index (κ1) is 18.7. The van der Waals surface area contributed by atoms with Crippen LogP contribution in [0.4, 0.5) is 15.8 Å². The van der Waals surface area contributed by atoms with E-state index in [4.69, 9.17) is 0 Å². The van der Waals surface area contributed by atoms with Gasteiger partial charge < -0.3 is 5.32 Å². The number of anilines is 2. The van der Waals surface area contributed by atoms with Crippen molar-refractivity contribution in [3.05, 3.63) is 59.9 Å². The molecule has 0 saturated carbocycles. The van der Waals surface area contributed by atoms with E-state index < -0.39 is 35.6 Å². The number of halogens is 1. The van der Waals surface area contributed by atoms with Gasteiger partial charge in [0.05, 0.1) is 5.69 Å². The number of fused-ring (bicyclic) bond motifs is 1. The van der Waals surface area contributed by atoms with E-state index in [9.17, 15) is 18.8 Å². The lowest BCUT2D eigenvalue weighted by atomic mass is 10.1. The average Bonchev–Trinajstić information content (AvgIpc) is 3.22. The van der Waals surface area contributed by atoms with Gasteiger partial charge in [-0.25, -0.2) is 9.29 Å². The number of hydrogen-bond donors (Lipinski definition) is 1. The predicted octanol–water partition coefficient (Wildman–Crippen LogP) is 2.32. The molecule has 0 aliphatic carbocycles. The molecule has 2 heterocycles. The summed E-state index contributed by atoms with van der Waals surface area (Å²) in [7, 11) is 0. The van der Waals surface area contributed by atoms with Crippen molar-refractivity contribution in [2.45, 2.75) is 25.4 Å². The van der Waals surface area contributed by atoms with Crippen LogP contribution in [0.25, 0.3) is 0 Å². The van der Waals surface area contributed by atoms with Crippen molar-refractivity contribution in [1.82, 2.24) is 5.01 Å². The molecule has 1 N–H and O–H groups in total. The standard InChI is InChI=1S/C20H18FN5O3/c1-2-12-6-8-15(9-7-12)26-19(28)17-18(20(26)29)25(24-23-17)11-16(27)22-14-5-3-4-13(21)10-14/h3-10,17-18H,2,11H2,1H3,(H,22,27)/t17-,18-/m0/s1. The van der Waals surface area contributed by atoms with Gasteiger partial charge in [-0.05, 0) is 42.3 Å². The smallest absolute Gasteiger partial charge is 0.263 e. The molecule has 0 bridgehead atoms. The Morgan fingerprint density at radius 2 is 1.90 bits per heavy atom. The lowest BCUT2D eigenvalue weighted by Gasteiger charge is -2.20. The number of rotatable bonds is 5. The summed E-state index contributed by atoms with van der Waals surface area (Å²) in [4.78, 5) is 39.0. The van der Waals surface area contributed by atoms with Gasteiger partial charge >= 0.3 is 0 Å². The Kier molecular flexibility index (Phi) is 4.79. The molecule has 0 radical (unpaired) electrons. The summed E-state index contributed by atoms with van der Waals surface area (Å²) >= 11 is 0. The highest BCUT2D eigenvalue weighted by Crippen LogP contribution is 2.31. The number of aryl methyl sites for hydroxylation is 1. The van der Waals surface area contributed by atoms with Crippen LogP contribution in [0.1, 0.15) is 12.5 Å². The topological polar surface area (TPSA) is 94.4 Å². The Labute approximate surface area is 166 Å². The minimum absolute atomic E-state index is 0.286. The van der Waals surface area contributed by atoms with Crippen LogP contribution in [0.2, 0.25) is 0 Å². The van der Waals surface area contributed by atoms with Gasteiger partial charge in [0.15, 0.2) is 12.1 Å². The van der Waals surface area contributed by atoms with Crippen molar-refractivity contribution in [1.29, 1.82) is 0 Å². The predicted molar refractivity (Wildman–Crippen MR) is 102 cm³/mol. The maximum Gasteiger partial charge on any atom is 0.263 e. The highest BCUT2D eigenvalue weighted by molar-refractivity contribution is 6.25. The molecule has 29 heavy (non-hydrogen) atoms. The summed E-state index contributed by atoms with van der Waals surface area (Å²) < 4.78 is 13.3. The normalized spacial score (nSPS) is 20.3. The van der Waals surface area contributed by atoms with Crippen LogP contribution in [-0.2, 0) is 20.8 Å². The first-order valence-electron chi connectivity index (χ1n) is 9.17. The number of nitrogens with zero attached hydrogens (tertiary/aromatic N) is 4. The molecule has 4 rings (SSSR count). The number of imide groups is 1. The van der Waals surface area contributed by atoms with Gasteiger partial charge in [-0.3, -0.25) is 19.4 Å². The Morgan fingerprint density at radius 1 is 1.14 bits per heavy atom. The summed E-state index contributed by atoms with van der Waals surface area (Å²) in [6.07, 6.45) is 0.843. The maximum atomic E-state index is 13.3. The number of amides is 3. The number of benzene rings is 2. The van der Waals surface area contributed by atoms with Crippen LogP contribution in [0.15, 0.2) is 58.9 Å². The first-order valence-corrected chi connectivity index (χ1v) is 9.17. The fourth-order valence-electron chi connectivity index (χ4n) is 3.40. The molecule has 1 saturated heterocycles. The Morgan fingerprint density at radius 3 is 2.59 bits per heavy atom. The molecule has 0 aromatic heterocycles. The molecule has 9 heteroatoms. The monoisotopic (exact) mass is 395 g/mol. The third-order valence-corrected chi connectivity index (χ3v) is 4.87. The van der Waals surface area contributed by atoms with E-state index in [-0.39, 0.29) is 12.2 Å². The summed E-state index contributed by atoms with van der Waals surface area (Å²) in [5.41, 5.74) is 1.84. The molecular weight excluding hydrogens is 377 g/mol. The lowest BCUT2D eigenvalue weighted by Crippen LogP contribution is -2.43. The molecule has 2 aromatic carbocycles.